The highest BCUT2D eigenvalue weighted by atomic mass is 127. The van der Waals surface area contributed by atoms with Gasteiger partial charge in [-0.3, -0.25) is 9.69 Å². The van der Waals surface area contributed by atoms with Gasteiger partial charge in [-0.2, -0.15) is 0 Å². The third-order valence-corrected chi connectivity index (χ3v) is 4.10. The lowest BCUT2D eigenvalue weighted by atomic mass is 10.1. The number of halogens is 2. The van der Waals surface area contributed by atoms with Crippen LogP contribution in [0.5, 0.6) is 0 Å². The van der Waals surface area contributed by atoms with Crippen molar-refractivity contribution in [3.05, 3.63) is 20.9 Å². The first-order chi connectivity index (χ1) is 7.61. The van der Waals surface area contributed by atoms with Crippen LogP contribution < -0.4 is 10.6 Å². The molecule has 0 aromatic carbocycles. The first-order valence-corrected chi connectivity index (χ1v) is 6.39. The van der Waals surface area contributed by atoms with Gasteiger partial charge in [0.05, 0.1) is 8.59 Å². The SMILES string of the molecule is NCC1CC(=O)N(c2cc(Cl)c(I)cn2)C1. The lowest BCUT2D eigenvalue weighted by Crippen LogP contribution is -2.26. The van der Waals surface area contributed by atoms with E-state index in [1.165, 1.54) is 0 Å². The van der Waals surface area contributed by atoms with Crippen LogP contribution in [0.15, 0.2) is 12.3 Å². The molecule has 1 fully saturated rings. The summed E-state index contributed by atoms with van der Waals surface area (Å²) in [6.45, 7) is 1.17. The fourth-order valence-electron chi connectivity index (χ4n) is 1.71. The van der Waals surface area contributed by atoms with E-state index in [1.807, 2.05) is 0 Å². The minimum atomic E-state index is 0.0697. The molecule has 2 heterocycles. The molecule has 1 aromatic rings. The van der Waals surface area contributed by atoms with Crippen molar-refractivity contribution < 1.29 is 4.79 Å². The third kappa shape index (κ3) is 2.31. The molecule has 1 aliphatic rings. The topological polar surface area (TPSA) is 59.2 Å². The zero-order valence-corrected chi connectivity index (χ0v) is 11.4. The van der Waals surface area contributed by atoms with E-state index in [9.17, 15) is 4.79 Å². The van der Waals surface area contributed by atoms with E-state index in [0.717, 1.165) is 3.57 Å². The number of hydrogen-bond donors (Lipinski definition) is 1. The Morgan fingerprint density at radius 2 is 2.44 bits per heavy atom. The fourth-order valence-corrected chi connectivity index (χ4v) is 2.15. The fraction of sp³-hybridized carbons (Fsp3) is 0.400. The Kier molecular flexibility index (Phi) is 3.66. The van der Waals surface area contributed by atoms with Gasteiger partial charge in [0.25, 0.3) is 0 Å². The Bertz CT molecular complexity index is 427. The summed E-state index contributed by atoms with van der Waals surface area (Å²) in [6.07, 6.45) is 2.17. The summed E-state index contributed by atoms with van der Waals surface area (Å²) in [7, 11) is 0. The van der Waals surface area contributed by atoms with Gasteiger partial charge in [0, 0.05) is 25.2 Å². The summed E-state index contributed by atoms with van der Waals surface area (Å²) in [5, 5.41) is 0.620. The van der Waals surface area contributed by atoms with Crippen molar-refractivity contribution in [2.45, 2.75) is 6.42 Å². The molecule has 0 saturated carbocycles. The summed E-state index contributed by atoms with van der Waals surface area (Å²) in [6, 6.07) is 1.72. The van der Waals surface area contributed by atoms with Crippen molar-refractivity contribution in [2.75, 3.05) is 18.0 Å². The summed E-state index contributed by atoms with van der Waals surface area (Å²) >= 11 is 8.10. The van der Waals surface area contributed by atoms with E-state index in [0.29, 0.717) is 30.4 Å². The maximum absolute atomic E-state index is 11.7. The Morgan fingerprint density at radius 1 is 1.69 bits per heavy atom. The average Bonchev–Trinajstić information content (AvgIpc) is 2.64. The maximum Gasteiger partial charge on any atom is 0.228 e. The van der Waals surface area contributed by atoms with Crippen molar-refractivity contribution in [3.8, 4) is 0 Å². The van der Waals surface area contributed by atoms with E-state index in [2.05, 4.69) is 27.6 Å². The van der Waals surface area contributed by atoms with E-state index in [1.54, 1.807) is 17.2 Å². The second kappa shape index (κ2) is 4.85. The molecule has 6 heteroatoms. The van der Waals surface area contributed by atoms with Crippen LogP contribution in [0.4, 0.5) is 5.82 Å². The summed E-state index contributed by atoms with van der Waals surface area (Å²) in [4.78, 5) is 17.6. The number of aromatic nitrogens is 1. The molecule has 1 saturated heterocycles. The van der Waals surface area contributed by atoms with Crippen LogP contribution in [0.25, 0.3) is 0 Å². The number of hydrogen-bond acceptors (Lipinski definition) is 3. The lowest BCUT2D eigenvalue weighted by Gasteiger charge is -2.15. The Hall–Kier alpha value is -0.400. The molecular formula is C10H11ClIN3O. The quantitative estimate of drug-likeness (QED) is 0.824. The maximum atomic E-state index is 11.7. The number of rotatable bonds is 2. The molecule has 16 heavy (non-hydrogen) atoms. The molecule has 1 unspecified atom stereocenters. The summed E-state index contributed by atoms with van der Waals surface area (Å²) < 4.78 is 0.880. The zero-order chi connectivity index (χ0) is 11.7. The van der Waals surface area contributed by atoms with Crippen molar-refractivity contribution in [1.29, 1.82) is 0 Å². The molecule has 4 nitrogen and oxygen atoms in total. The second-order valence-electron chi connectivity index (χ2n) is 3.77. The van der Waals surface area contributed by atoms with Gasteiger partial charge in [-0.25, -0.2) is 4.98 Å². The van der Waals surface area contributed by atoms with Gasteiger partial charge in [-0.05, 0) is 35.1 Å². The lowest BCUT2D eigenvalue weighted by molar-refractivity contribution is -0.117. The first kappa shape index (κ1) is 12.1. The van der Waals surface area contributed by atoms with Gasteiger partial charge in [0.1, 0.15) is 5.82 Å². The van der Waals surface area contributed by atoms with Gasteiger partial charge < -0.3 is 5.73 Å². The van der Waals surface area contributed by atoms with Crippen LogP contribution in [0.1, 0.15) is 6.42 Å². The predicted octanol–water partition coefficient (Wildman–Crippen LogP) is 1.65. The van der Waals surface area contributed by atoms with E-state index >= 15 is 0 Å². The van der Waals surface area contributed by atoms with Crippen LogP contribution in [0.3, 0.4) is 0 Å². The van der Waals surface area contributed by atoms with Gasteiger partial charge >= 0.3 is 0 Å². The minimum Gasteiger partial charge on any atom is -0.330 e. The standard InChI is InChI=1S/C10H11ClIN3O/c11-7-2-9(14-4-8(7)12)15-5-6(3-13)1-10(15)16/h2,4,6H,1,3,5,13H2. The highest BCUT2D eigenvalue weighted by Gasteiger charge is 2.30. The smallest absolute Gasteiger partial charge is 0.228 e. The molecule has 2 rings (SSSR count). The molecule has 0 aliphatic carbocycles. The van der Waals surface area contributed by atoms with Crippen molar-refractivity contribution >= 4 is 45.9 Å². The van der Waals surface area contributed by atoms with Crippen molar-refractivity contribution in [3.63, 3.8) is 0 Å². The number of nitrogens with zero attached hydrogens (tertiary/aromatic N) is 2. The Balaban J connectivity index is 2.24. The van der Waals surface area contributed by atoms with Crippen LogP contribution in [-0.2, 0) is 4.79 Å². The largest absolute Gasteiger partial charge is 0.330 e. The average molecular weight is 352 g/mol. The van der Waals surface area contributed by atoms with Crippen LogP contribution >= 0.6 is 34.2 Å². The normalized spacial score (nSPS) is 20.6. The van der Waals surface area contributed by atoms with Crippen LogP contribution in [-0.4, -0.2) is 24.0 Å². The number of carbonyl (C=O) groups is 1. The number of pyridine rings is 1. The third-order valence-electron chi connectivity index (χ3n) is 2.61. The molecule has 0 radical (unpaired) electrons. The number of carbonyl (C=O) groups excluding carboxylic acids is 1. The van der Waals surface area contributed by atoms with Gasteiger partial charge in [-0.15, -0.1) is 0 Å². The highest BCUT2D eigenvalue weighted by Crippen LogP contribution is 2.27. The minimum absolute atomic E-state index is 0.0697. The molecule has 86 valence electrons. The van der Waals surface area contributed by atoms with Crippen molar-refractivity contribution in [2.24, 2.45) is 11.7 Å². The molecule has 0 spiro atoms. The number of anilines is 1. The van der Waals surface area contributed by atoms with Crippen LogP contribution in [0.2, 0.25) is 5.02 Å². The molecule has 0 bridgehead atoms. The summed E-state index contributed by atoms with van der Waals surface area (Å²) in [5.41, 5.74) is 5.56. The zero-order valence-electron chi connectivity index (χ0n) is 8.49. The Labute approximate surface area is 112 Å². The van der Waals surface area contributed by atoms with Gasteiger partial charge in [0.15, 0.2) is 0 Å². The predicted molar refractivity (Wildman–Crippen MR) is 71.5 cm³/mol. The molecule has 1 atom stereocenters. The molecule has 1 amide bonds. The van der Waals surface area contributed by atoms with Gasteiger partial charge in [0.2, 0.25) is 5.91 Å². The number of nitrogens with two attached hydrogens (primary N) is 1. The number of amides is 1. The summed E-state index contributed by atoms with van der Waals surface area (Å²) in [5.74, 6) is 0.916. The Morgan fingerprint density at radius 3 is 3.00 bits per heavy atom. The second-order valence-corrected chi connectivity index (χ2v) is 5.34. The van der Waals surface area contributed by atoms with E-state index in [-0.39, 0.29) is 11.8 Å². The van der Waals surface area contributed by atoms with Gasteiger partial charge in [-0.1, -0.05) is 11.6 Å². The van der Waals surface area contributed by atoms with E-state index < -0.39 is 0 Å². The van der Waals surface area contributed by atoms with Crippen molar-refractivity contribution in [1.82, 2.24) is 4.98 Å². The van der Waals surface area contributed by atoms with Crippen LogP contribution in [0, 0.1) is 9.49 Å². The molecule has 1 aromatic heterocycles. The molecular weight excluding hydrogens is 340 g/mol. The van der Waals surface area contributed by atoms with E-state index in [4.69, 9.17) is 17.3 Å². The molecule has 2 N–H and O–H groups in total. The molecule has 1 aliphatic heterocycles. The highest BCUT2D eigenvalue weighted by molar-refractivity contribution is 14.1. The monoisotopic (exact) mass is 351 g/mol. The first-order valence-electron chi connectivity index (χ1n) is 4.93.